The second-order valence-corrected chi connectivity index (χ2v) is 6.76. The molecule has 0 bridgehead atoms. The number of unbranched alkanes of at least 4 members (excludes halogenated alkanes) is 7. The Morgan fingerprint density at radius 2 is 1.57 bits per heavy atom. The van der Waals surface area contributed by atoms with Crippen LogP contribution in [0.15, 0.2) is 0 Å². The molecule has 0 saturated heterocycles. The molecule has 0 aliphatic carbocycles. The van der Waals surface area contributed by atoms with Crippen LogP contribution in [0.25, 0.3) is 0 Å². The van der Waals surface area contributed by atoms with Crippen molar-refractivity contribution in [2.24, 2.45) is 17.6 Å². The van der Waals surface area contributed by atoms with Crippen LogP contribution in [-0.4, -0.2) is 19.0 Å². The van der Waals surface area contributed by atoms with E-state index < -0.39 is 0 Å². The first-order valence-electron chi connectivity index (χ1n) is 9.06. The van der Waals surface area contributed by atoms with E-state index in [1.54, 1.807) is 0 Å². The highest BCUT2D eigenvalue weighted by Gasteiger charge is 2.13. The van der Waals surface area contributed by atoms with Crippen LogP contribution in [0.1, 0.15) is 85.0 Å². The van der Waals surface area contributed by atoms with Gasteiger partial charge in [0.15, 0.2) is 0 Å². The molecule has 3 heteroatoms. The Balaban J connectivity index is 3.44. The highest BCUT2D eigenvalue weighted by molar-refractivity contribution is 5.76. The number of hydrogen-bond donors (Lipinski definition) is 2. The van der Waals surface area contributed by atoms with Crippen LogP contribution in [-0.2, 0) is 4.79 Å². The highest BCUT2D eigenvalue weighted by atomic mass is 16.1. The van der Waals surface area contributed by atoms with Crippen molar-refractivity contribution in [3.8, 4) is 0 Å². The van der Waals surface area contributed by atoms with Gasteiger partial charge < -0.3 is 11.1 Å². The summed E-state index contributed by atoms with van der Waals surface area (Å²) in [5, 5.41) is 3.04. The lowest BCUT2D eigenvalue weighted by atomic mass is 9.94. The van der Waals surface area contributed by atoms with Crippen LogP contribution in [0.5, 0.6) is 0 Å². The lowest BCUT2D eigenvalue weighted by Crippen LogP contribution is -2.29. The number of amides is 1. The van der Waals surface area contributed by atoms with Crippen molar-refractivity contribution < 1.29 is 4.79 Å². The third-order valence-corrected chi connectivity index (χ3v) is 3.96. The van der Waals surface area contributed by atoms with E-state index in [0.717, 1.165) is 19.4 Å². The van der Waals surface area contributed by atoms with E-state index in [2.05, 4.69) is 26.1 Å². The van der Waals surface area contributed by atoms with Crippen LogP contribution in [0.2, 0.25) is 0 Å². The SMILES string of the molecule is CCCCCCCCCCNC(=O)C[C@@H](CN)CC(C)C. The molecule has 0 radical (unpaired) electrons. The summed E-state index contributed by atoms with van der Waals surface area (Å²) in [6, 6.07) is 0. The van der Waals surface area contributed by atoms with Crippen LogP contribution < -0.4 is 11.1 Å². The van der Waals surface area contributed by atoms with E-state index in [9.17, 15) is 4.79 Å². The lowest BCUT2D eigenvalue weighted by Gasteiger charge is -2.16. The molecular formula is C18H38N2O. The Kier molecular flexibility index (Phi) is 14.0. The van der Waals surface area contributed by atoms with E-state index in [1.807, 2.05) is 0 Å². The zero-order valence-electron chi connectivity index (χ0n) is 14.6. The van der Waals surface area contributed by atoms with E-state index in [-0.39, 0.29) is 5.91 Å². The monoisotopic (exact) mass is 298 g/mol. The molecule has 0 saturated carbocycles. The van der Waals surface area contributed by atoms with Crippen molar-refractivity contribution in [1.29, 1.82) is 0 Å². The summed E-state index contributed by atoms with van der Waals surface area (Å²) in [4.78, 5) is 11.8. The molecule has 0 aliphatic rings. The molecule has 0 aliphatic heterocycles. The van der Waals surface area contributed by atoms with Crippen molar-refractivity contribution in [3.05, 3.63) is 0 Å². The molecule has 0 aromatic carbocycles. The molecule has 0 aromatic rings. The topological polar surface area (TPSA) is 55.1 Å². The number of carbonyl (C=O) groups is 1. The van der Waals surface area contributed by atoms with Crippen molar-refractivity contribution in [2.75, 3.05) is 13.1 Å². The molecule has 0 aromatic heterocycles. The molecule has 0 fully saturated rings. The van der Waals surface area contributed by atoms with Crippen molar-refractivity contribution in [1.82, 2.24) is 5.32 Å². The fourth-order valence-corrected chi connectivity index (χ4v) is 2.75. The first-order valence-corrected chi connectivity index (χ1v) is 9.06. The lowest BCUT2D eigenvalue weighted by molar-refractivity contribution is -0.122. The van der Waals surface area contributed by atoms with Gasteiger partial charge in [-0.1, -0.05) is 65.7 Å². The van der Waals surface area contributed by atoms with Gasteiger partial charge in [0.1, 0.15) is 0 Å². The summed E-state index contributed by atoms with van der Waals surface area (Å²) in [6.07, 6.45) is 12.1. The second-order valence-electron chi connectivity index (χ2n) is 6.76. The average molecular weight is 299 g/mol. The first-order chi connectivity index (χ1) is 10.1. The number of rotatable bonds is 14. The minimum absolute atomic E-state index is 0.175. The molecular weight excluding hydrogens is 260 g/mol. The largest absolute Gasteiger partial charge is 0.356 e. The summed E-state index contributed by atoms with van der Waals surface area (Å²) >= 11 is 0. The predicted molar refractivity (Wildman–Crippen MR) is 92.2 cm³/mol. The van der Waals surface area contributed by atoms with Gasteiger partial charge in [0, 0.05) is 13.0 Å². The minimum atomic E-state index is 0.175. The Morgan fingerprint density at radius 1 is 1.00 bits per heavy atom. The van der Waals surface area contributed by atoms with Gasteiger partial charge in [-0.15, -0.1) is 0 Å². The van der Waals surface area contributed by atoms with Gasteiger partial charge in [-0.2, -0.15) is 0 Å². The fraction of sp³-hybridized carbons (Fsp3) is 0.944. The quantitative estimate of drug-likeness (QED) is 0.471. The molecule has 1 amide bonds. The minimum Gasteiger partial charge on any atom is -0.356 e. The molecule has 3 N–H and O–H groups in total. The fourth-order valence-electron chi connectivity index (χ4n) is 2.75. The van der Waals surface area contributed by atoms with E-state index >= 15 is 0 Å². The average Bonchev–Trinajstić information content (AvgIpc) is 2.44. The standard InChI is InChI=1S/C18H38N2O/c1-4-5-6-7-8-9-10-11-12-20-18(21)14-17(15-19)13-16(2)3/h16-17H,4-15,19H2,1-3H3,(H,20,21)/t17-/m0/s1. The summed E-state index contributed by atoms with van der Waals surface area (Å²) in [7, 11) is 0. The Hall–Kier alpha value is -0.570. The van der Waals surface area contributed by atoms with Gasteiger partial charge in [-0.25, -0.2) is 0 Å². The number of carbonyl (C=O) groups excluding carboxylic acids is 1. The van der Waals surface area contributed by atoms with E-state index in [4.69, 9.17) is 5.73 Å². The molecule has 1 atom stereocenters. The van der Waals surface area contributed by atoms with Gasteiger partial charge >= 0.3 is 0 Å². The van der Waals surface area contributed by atoms with Gasteiger partial charge in [0.05, 0.1) is 0 Å². The maximum absolute atomic E-state index is 11.8. The van der Waals surface area contributed by atoms with Crippen LogP contribution >= 0.6 is 0 Å². The highest BCUT2D eigenvalue weighted by Crippen LogP contribution is 2.14. The van der Waals surface area contributed by atoms with Gasteiger partial charge in [0.25, 0.3) is 0 Å². The third kappa shape index (κ3) is 14.1. The third-order valence-electron chi connectivity index (χ3n) is 3.96. The van der Waals surface area contributed by atoms with Gasteiger partial charge in [-0.05, 0) is 31.2 Å². The van der Waals surface area contributed by atoms with Crippen molar-refractivity contribution in [3.63, 3.8) is 0 Å². The molecule has 21 heavy (non-hydrogen) atoms. The smallest absolute Gasteiger partial charge is 0.220 e. The Labute approximate surface area is 132 Å². The second kappa shape index (κ2) is 14.4. The molecule has 0 unspecified atom stereocenters. The number of nitrogens with two attached hydrogens (primary N) is 1. The zero-order valence-corrected chi connectivity index (χ0v) is 14.6. The molecule has 126 valence electrons. The molecule has 0 spiro atoms. The van der Waals surface area contributed by atoms with Crippen LogP contribution in [0.4, 0.5) is 0 Å². The summed E-state index contributed by atoms with van der Waals surface area (Å²) in [5.74, 6) is 1.12. The Morgan fingerprint density at radius 3 is 2.10 bits per heavy atom. The predicted octanol–water partition coefficient (Wildman–Crippen LogP) is 4.25. The summed E-state index contributed by atoms with van der Waals surface area (Å²) in [6.45, 7) is 8.05. The van der Waals surface area contributed by atoms with E-state index in [0.29, 0.717) is 24.8 Å². The van der Waals surface area contributed by atoms with Crippen molar-refractivity contribution >= 4 is 5.91 Å². The van der Waals surface area contributed by atoms with Gasteiger partial charge in [-0.3, -0.25) is 4.79 Å². The van der Waals surface area contributed by atoms with Crippen LogP contribution in [0, 0.1) is 11.8 Å². The Bertz CT molecular complexity index is 241. The zero-order chi connectivity index (χ0) is 15.9. The normalized spacial score (nSPS) is 12.6. The maximum Gasteiger partial charge on any atom is 0.220 e. The van der Waals surface area contributed by atoms with E-state index in [1.165, 1.54) is 44.9 Å². The molecule has 0 rings (SSSR count). The van der Waals surface area contributed by atoms with Gasteiger partial charge in [0.2, 0.25) is 5.91 Å². The first kappa shape index (κ1) is 20.4. The number of hydrogen-bond acceptors (Lipinski definition) is 2. The molecule has 3 nitrogen and oxygen atoms in total. The maximum atomic E-state index is 11.8. The van der Waals surface area contributed by atoms with Crippen molar-refractivity contribution in [2.45, 2.75) is 85.0 Å². The molecule has 0 heterocycles. The number of nitrogens with one attached hydrogen (secondary N) is 1. The summed E-state index contributed by atoms with van der Waals surface area (Å²) < 4.78 is 0. The van der Waals surface area contributed by atoms with Crippen LogP contribution in [0.3, 0.4) is 0 Å². The summed E-state index contributed by atoms with van der Waals surface area (Å²) in [5.41, 5.74) is 5.73.